The van der Waals surface area contributed by atoms with E-state index in [1.54, 1.807) is 11.9 Å². The highest BCUT2D eigenvalue weighted by atomic mass is 127. The molecule has 2 atom stereocenters. The minimum atomic E-state index is -0.323. The number of carbonyl (C=O) groups excluding carboxylic acids is 1. The number of amides is 1. The van der Waals surface area contributed by atoms with Gasteiger partial charge < -0.3 is 25.2 Å². The van der Waals surface area contributed by atoms with Crippen LogP contribution in [0.1, 0.15) is 45.1 Å². The van der Waals surface area contributed by atoms with Crippen LogP contribution in [0.2, 0.25) is 0 Å². The summed E-state index contributed by atoms with van der Waals surface area (Å²) in [5, 5.41) is 6.73. The van der Waals surface area contributed by atoms with Crippen LogP contribution in [0.5, 0.6) is 0 Å². The van der Waals surface area contributed by atoms with E-state index < -0.39 is 0 Å². The van der Waals surface area contributed by atoms with Crippen LogP contribution >= 0.6 is 24.0 Å². The van der Waals surface area contributed by atoms with Crippen LogP contribution in [0, 0.1) is 5.41 Å². The van der Waals surface area contributed by atoms with E-state index in [0.717, 1.165) is 50.2 Å². The van der Waals surface area contributed by atoms with Gasteiger partial charge in [-0.1, -0.05) is 18.9 Å². The Labute approximate surface area is 209 Å². The summed E-state index contributed by atoms with van der Waals surface area (Å²) in [6.45, 7) is 7.15. The molecule has 1 aliphatic carbocycles. The summed E-state index contributed by atoms with van der Waals surface area (Å²) in [5.41, 5.74) is 0.762. The fraction of sp³-hybridized carbons (Fsp3) is 0.696. The van der Waals surface area contributed by atoms with Gasteiger partial charge in [0.2, 0.25) is 5.91 Å². The first-order valence-corrected chi connectivity index (χ1v) is 11.3. The second-order valence-electron chi connectivity index (χ2n) is 9.15. The monoisotopic (exact) mass is 558 g/mol. The van der Waals surface area contributed by atoms with E-state index in [4.69, 9.17) is 4.74 Å². The topological polar surface area (TPSA) is 82.1 Å². The van der Waals surface area contributed by atoms with Gasteiger partial charge in [-0.3, -0.25) is 9.79 Å². The van der Waals surface area contributed by atoms with Gasteiger partial charge >= 0.3 is 0 Å². The number of hydrogen-bond donors (Lipinski definition) is 2. The lowest BCUT2D eigenvalue weighted by Crippen LogP contribution is -2.49. The molecule has 1 aromatic heterocycles. The van der Waals surface area contributed by atoms with E-state index in [2.05, 4.69) is 51.5 Å². The number of nitrogens with one attached hydrogen (secondary N) is 2. The molecule has 3 rings (SSSR count). The number of rotatable bonds is 6. The number of carbonyl (C=O) groups is 1. The molecule has 8 nitrogen and oxygen atoms in total. The highest BCUT2D eigenvalue weighted by Gasteiger charge is 2.42. The van der Waals surface area contributed by atoms with Crippen LogP contribution < -0.4 is 15.5 Å². The summed E-state index contributed by atoms with van der Waals surface area (Å²) in [6.07, 6.45) is 6.40. The van der Waals surface area contributed by atoms with Crippen molar-refractivity contribution >= 4 is 41.7 Å². The highest BCUT2D eigenvalue weighted by Crippen LogP contribution is 2.38. The van der Waals surface area contributed by atoms with Crippen molar-refractivity contribution in [1.29, 1.82) is 0 Å². The predicted molar refractivity (Wildman–Crippen MR) is 140 cm³/mol. The number of nitrogens with zero attached hydrogens (tertiary/aromatic N) is 4. The van der Waals surface area contributed by atoms with Crippen LogP contribution in [0.25, 0.3) is 0 Å². The molecule has 32 heavy (non-hydrogen) atoms. The fourth-order valence-electron chi connectivity index (χ4n) is 4.72. The Hall–Kier alpha value is -1.62. The summed E-state index contributed by atoms with van der Waals surface area (Å²) in [6, 6.07) is 4.17. The lowest BCUT2D eigenvalue weighted by Gasteiger charge is -2.36. The minimum Gasteiger partial charge on any atom is -0.372 e. The molecule has 0 bridgehead atoms. The average Bonchev–Trinajstić information content (AvgIpc) is 3.23. The summed E-state index contributed by atoms with van der Waals surface area (Å²) in [7, 11) is 5.43. The molecule has 2 unspecified atom stereocenters. The van der Waals surface area contributed by atoms with Crippen LogP contribution in [-0.2, 0) is 16.1 Å². The van der Waals surface area contributed by atoms with Gasteiger partial charge in [0, 0.05) is 53.5 Å². The number of morpholine rings is 1. The van der Waals surface area contributed by atoms with Crippen molar-refractivity contribution in [3.05, 3.63) is 23.9 Å². The number of halogens is 1. The summed E-state index contributed by atoms with van der Waals surface area (Å²) in [4.78, 5) is 25.7. The maximum atomic E-state index is 12.8. The molecule has 1 aromatic rings. The van der Waals surface area contributed by atoms with E-state index in [1.165, 1.54) is 0 Å². The molecule has 2 heterocycles. The third kappa shape index (κ3) is 6.69. The van der Waals surface area contributed by atoms with E-state index in [0.29, 0.717) is 19.0 Å². The van der Waals surface area contributed by atoms with E-state index in [-0.39, 0.29) is 47.5 Å². The largest absolute Gasteiger partial charge is 0.372 e. The fourth-order valence-corrected chi connectivity index (χ4v) is 4.72. The first-order chi connectivity index (χ1) is 14.8. The molecule has 9 heteroatoms. The quantitative estimate of drug-likeness (QED) is 0.318. The van der Waals surface area contributed by atoms with Crippen LogP contribution in [0.3, 0.4) is 0 Å². The van der Waals surface area contributed by atoms with Crippen molar-refractivity contribution in [2.75, 3.05) is 45.7 Å². The second kappa shape index (κ2) is 12.0. The average molecular weight is 559 g/mol. The Kier molecular flexibility index (Phi) is 10.00. The zero-order chi connectivity index (χ0) is 22.4. The zero-order valence-corrected chi connectivity index (χ0v) is 22.4. The Morgan fingerprint density at radius 2 is 1.88 bits per heavy atom. The van der Waals surface area contributed by atoms with Crippen molar-refractivity contribution in [3.8, 4) is 0 Å². The van der Waals surface area contributed by atoms with Gasteiger partial charge in [-0.15, -0.1) is 24.0 Å². The van der Waals surface area contributed by atoms with Crippen molar-refractivity contribution in [1.82, 2.24) is 20.5 Å². The molecule has 180 valence electrons. The number of pyridine rings is 1. The van der Waals surface area contributed by atoms with Gasteiger partial charge in [-0.05, 0) is 38.3 Å². The van der Waals surface area contributed by atoms with E-state index in [1.807, 2.05) is 20.3 Å². The predicted octanol–water partition coefficient (Wildman–Crippen LogP) is 2.63. The standard InChI is InChI=1S/C23H38N6O2.HI/c1-17-14-29(15-18(2)31-17)20-9-8-19(12-25-20)13-26-22(24-3)27-16-23(10-6-7-11-23)21(30)28(4)5;/h8-9,12,17-18H,6-7,10-11,13-16H2,1-5H3,(H2,24,26,27);1H. The summed E-state index contributed by atoms with van der Waals surface area (Å²) >= 11 is 0. The Morgan fingerprint density at radius 1 is 1.22 bits per heavy atom. The highest BCUT2D eigenvalue weighted by molar-refractivity contribution is 14.0. The second-order valence-corrected chi connectivity index (χ2v) is 9.15. The number of aliphatic imine (C=N–C) groups is 1. The molecule has 0 aromatic carbocycles. The van der Waals surface area contributed by atoms with Crippen LogP contribution in [0.4, 0.5) is 5.82 Å². The van der Waals surface area contributed by atoms with Gasteiger partial charge in [0.1, 0.15) is 5.82 Å². The summed E-state index contributed by atoms with van der Waals surface area (Å²) in [5.74, 6) is 1.90. The molecule has 2 fully saturated rings. The van der Waals surface area contributed by atoms with Gasteiger partial charge in [-0.25, -0.2) is 4.98 Å². The normalized spacial score (nSPS) is 22.8. The number of ether oxygens (including phenoxy) is 1. The molecular weight excluding hydrogens is 519 g/mol. The lowest BCUT2D eigenvalue weighted by atomic mass is 9.84. The molecular formula is C23H39IN6O2. The molecule has 1 saturated heterocycles. The van der Waals surface area contributed by atoms with Crippen molar-refractivity contribution in [2.45, 2.75) is 58.3 Å². The minimum absolute atomic E-state index is 0. The van der Waals surface area contributed by atoms with Crippen molar-refractivity contribution in [3.63, 3.8) is 0 Å². The molecule has 1 amide bonds. The smallest absolute Gasteiger partial charge is 0.230 e. The Balaban J connectivity index is 0.00000363. The lowest BCUT2D eigenvalue weighted by molar-refractivity contribution is -0.138. The van der Waals surface area contributed by atoms with Crippen molar-refractivity contribution in [2.24, 2.45) is 10.4 Å². The van der Waals surface area contributed by atoms with E-state index >= 15 is 0 Å². The molecule has 1 aliphatic heterocycles. The van der Waals surface area contributed by atoms with Gasteiger partial charge in [-0.2, -0.15) is 0 Å². The number of guanidine groups is 1. The van der Waals surface area contributed by atoms with Crippen molar-refractivity contribution < 1.29 is 9.53 Å². The zero-order valence-electron chi connectivity index (χ0n) is 20.1. The number of aromatic nitrogens is 1. The molecule has 0 radical (unpaired) electrons. The maximum absolute atomic E-state index is 12.8. The van der Waals surface area contributed by atoms with Crippen LogP contribution in [0.15, 0.2) is 23.3 Å². The molecule has 2 N–H and O–H groups in total. The number of hydrogen-bond acceptors (Lipinski definition) is 5. The first kappa shape index (κ1) is 26.6. The first-order valence-electron chi connectivity index (χ1n) is 11.3. The molecule has 0 spiro atoms. The third-order valence-electron chi connectivity index (χ3n) is 6.25. The molecule has 2 aliphatic rings. The SMILES string of the molecule is CN=C(NCc1ccc(N2CC(C)OC(C)C2)nc1)NCC1(C(=O)N(C)C)CCCC1.I. The maximum Gasteiger partial charge on any atom is 0.230 e. The van der Waals surface area contributed by atoms with Gasteiger partial charge in [0.25, 0.3) is 0 Å². The summed E-state index contributed by atoms with van der Waals surface area (Å²) < 4.78 is 5.81. The molecule has 1 saturated carbocycles. The van der Waals surface area contributed by atoms with Gasteiger partial charge in [0.15, 0.2) is 5.96 Å². The Morgan fingerprint density at radius 3 is 2.41 bits per heavy atom. The number of anilines is 1. The van der Waals surface area contributed by atoms with Gasteiger partial charge in [0.05, 0.1) is 17.6 Å². The third-order valence-corrected chi connectivity index (χ3v) is 6.25. The van der Waals surface area contributed by atoms with Crippen LogP contribution in [-0.4, -0.2) is 74.7 Å². The van der Waals surface area contributed by atoms with E-state index in [9.17, 15) is 4.79 Å². The Bertz CT molecular complexity index is 754.